The first-order valence-corrected chi connectivity index (χ1v) is 8.80. The molecule has 2 atom stereocenters. The molecule has 0 spiro atoms. The Bertz CT molecular complexity index is 527. The Balaban J connectivity index is 2.31. The van der Waals surface area contributed by atoms with Crippen LogP contribution in [-0.2, 0) is 6.42 Å². The Morgan fingerprint density at radius 3 is 2.64 bits per heavy atom. The van der Waals surface area contributed by atoms with Gasteiger partial charge in [0.15, 0.2) is 0 Å². The Labute approximate surface area is 136 Å². The van der Waals surface area contributed by atoms with Crippen molar-refractivity contribution in [1.82, 2.24) is 4.90 Å². The van der Waals surface area contributed by atoms with Gasteiger partial charge in [0, 0.05) is 29.0 Å². The number of fused-ring (bicyclic) bond motifs is 1. The molecule has 22 heavy (non-hydrogen) atoms. The van der Waals surface area contributed by atoms with Crippen molar-refractivity contribution in [3.8, 4) is 0 Å². The van der Waals surface area contributed by atoms with Crippen molar-refractivity contribution in [2.24, 2.45) is 0 Å². The van der Waals surface area contributed by atoms with Crippen molar-refractivity contribution in [1.29, 1.82) is 0 Å². The van der Waals surface area contributed by atoms with E-state index in [4.69, 9.17) is 5.11 Å². The molecule has 0 saturated heterocycles. The van der Waals surface area contributed by atoms with Crippen molar-refractivity contribution >= 4 is 17.9 Å². The maximum atomic E-state index is 11.8. The van der Waals surface area contributed by atoms with Gasteiger partial charge in [0.2, 0.25) is 0 Å². The second kappa shape index (κ2) is 6.92. The smallest absolute Gasteiger partial charge is 0.408 e. The summed E-state index contributed by atoms with van der Waals surface area (Å²) in [6.07, 6.45) is -0.0909. The third kappa shape index (κ3) is 3.58. The maximum Gasteiger partial charge on any atom is 0.408 e. The fourth-order valence-corrected chi connectivity index (χ4v) is 4.28. The Morgan fingerprint density at radius 1 is 1.36 bits per heavy atom. The van der Waals surface area contributed by atoms with Crippen LogP contribution in [0.5, 0.6) is 0 Å². The van der Waals surface area contributed by atoms with Crippen LogP contribution in [0.1, 0.15) is 37.8 Å². The molecule has 1 aliphatic carbocycles. The third-order valence-corrected chi connectivity index (χ3v) is 5.21. The first-order chi connectivity index (χ1) is 10.4. The highest BCUT2D eigenvalue weighted by Gasteiger charge is 2.42. The van der Waals surface area contributed by atoms with Crippen molar-refractivity contribution < 1.29 is 15.0 Å². The van der Waals surface area contributed by atoms with Crippen LogP contribution in [0.4, 0.5) is 4.79 Å². The van der Waals surface area contributed by atoms with Gasteiger partial charge in [-0.25, -0.2) is 4.79 Å². The SMILES string of the molecule is CC(C)(C)N(C(=O)O)[C@@H]1Cc2ccccc2[C@@H]1CSCCO. The second-order valence-corrected chi connectivity index (χ2v) is 7.85. The molecule has 2 rings (SSSR count). The lowest BCUT2D eigenvalue weighted by Gasteiger charge is -2.40. The Hall–Kier alpha value is -1.20. The topological polar surface area (TPSA) is 60.8 Å². The average Bonchev–Trinajstić information content (AvgIpc) is 2.75. The summed E-state index contributed by atoms with van der Waals surface area (Å²) in [6, 6.07) is 8.21. The molecule has 0 heterocycles. The molecule has 1 aliphatic rings. The summed E-state index contributed by atoms with van der Waals surface area (Å²) in [5.74, 6) is 1.71. The van der Waals surface area contributed by atoms with Gasteiger partial charge in [-0.3, -0.25) is 4.90 Å². The van der Waals surface area contributed by atoms with E-state index in [1.807, 2.05) is 32.9 Å². The molecule has 0 saturated carbocycles. The van der Waals surface area contributed by atoms with E-state index in [9.17, 15) is 9.90 Å². The average molecular weight is 323 g/mol. The van der Waals surface area contributed by atoms with Crippen LogP contribution in [0, 0.1) is 0 Å². The maximum absolute atomic E-state index is 11.8. The highest BCUT2D eigenvalue weighted by atomic mass is 32.2. The molecule has 0 fully saturated rings. The van der Waals surface area contributed by atoms with Crippen molar-refractivity contribution in [2.75, 3.05) is 18.1 Å². The molecule has 2 N–H and O–H groups in total. The number of hydrogen-bond donors (Lipinski definition) is 2. The fraction of sp³-hybridized carbons (Fsp3) is 0.588. The van der Waals surface area contributed by atoms with E-state index in [0.717, 1.165) is 12.2 Å². The number of hydrogen-bond acceptors (Lipinski definition) is 3. The number of rotatable bonds is 5. The van der Waals surface area contributed by atoms with Crippen LogP contribution in [0.3, 0.4) is 0 Å². The molecule has 5 heteroatoms. The monoisotopic (exact) mass is 323 g/mol. The van der Waals surface area contributed by atoms with Gasteiger partial charge in [-0.1, -0.05) is 24.3 Å². The quantitative estimate of drug-likeness (QED) is 0.817. The molecule has 0 bridgehead atoms. The van der Waals surface area contributed by atoms with Crippen LogP contribution >= 0.6 is 11.8 Å². The van der Waals surface area contributed by atoms with E-state index in [-0.39, 0.29) is 18.6 Å². The summed E-state index contributed by atoms with van der Waals surface area (Å²) in [7, 11) is 0. The van der Waals surface area contributed by atoms with Gasteiger partial charge in [0.1, 0.15) is 0 Å². The molecular weight excluding hydrogens is 298 g/mol. The zero-order chi connectivity index (χ0) is 16.3. The van der Waals surface area contributed by atoms with Gasteiger partial charge in [-0.2, -0.15) is 11.8 Å². The minimum Gasteiger partial charge on any atom is -0.465 e. The summed E-state index contributed by atoms with van der Waals surface area (Å²) >= 11 is 1.69. The van der Waals surface area contributed by atoms with Crippen LogP contribution in [-0.4, -0.2) is 50.9 Å². The largest absolute Gasteiger partial charge is 0.465 e. The predicted molar refractivity (Wildman–Crippen MR) is 90.7 cm³/mol. The first-order valence-electron chi connectivity index (χ1n) is 7.65. The van der Waals surface area contributed by atoms with E-state index in [1.165, 1.54) is 11.1 Å². The minimum atomic E-state index is -0.859. The highest BCUT2D eigenvalue weighted by Crippen LogP contribution is 2.40. The van der Waals surface area contributed by atoms with Gasteiger partial charge >= 0.3 is 6.09 Å². The zero-order valence-electron chi connectivity index (χ0n) is 13.5. The van der Waals surface area contributed by atoms with E-state index in [0.29, 0.717) is 5.75 Å². The van der Waals surface area contributed by atoms with E-state index < -0.39 is 11.6 Å². The molecule has 1 amide bonds. The number of benzene rings is 1. The standard InChI is InChI=1S/C17H25NO3S/c1-17(2,3)18(16(20)21)15-10-12-6-4-5-7-13(12)14(15)11-22-9-8-19/h4-7,14-15,19H,8-11H2,1-3H3,(H,20,21)/t14-,15+/m0/s1. The Morgan fingerprint density at radius 2 is 2.05 bits per heavy atom. The molecule has 0 radical (unpaired) electrons. The van der Waals surface area contributed by atoms with Gasteiger partial charge in [-0.05, 0) is 38.3 Å². The van der Waals surface area contributed by atoms with Gasteiger partial charge < -0.3 is 10.2 Å². The highest BCUT2D eigenvalue weighted by molar-refractivity contribution is 7.99. The van der Waals surface area contributed by atoms with Gasteiger partial charge in [0.25, 0.3) is 0 Å². The summed E-state index contributed by atoms with van der Waals surface area (Å²) < 4.78 is 0. The van der Waals surface area contributed by atoms with Gasteiger partial charge in [0.05, 0.1) is 6.61 Å². The number of carboxylic acid groups (broad SMARTS) is 1. The molecular formula is C17H25NO3S. The van der Waals surface area contributed by atoms with Crippen molar-refractivity contribution in [2.45, 2.75) is 44.7 Å². The van der Waals surface area contributed by atoms with E-state index >= 15 is 0 Å². The zero-order valence-corrected chi connectivity index (χ0v) is 14.3. The van der Waals surface area contributed by atoms with Crippen LogP contribution in [0.2, 0.25) is 0 Å². The summed E-state index contributed by atoms with van der Waals surface area (Å²) in [5.41, 5.74) is 2.07. The van der Waals surface area contributed by atoms with Crippen LogP contribution < -0.4 is 0 Å². The molecule has 1 aromatic rings. The summed E-state index contributed by atoms with van der Waals surface area (Å²) in [4.78, 5) is 13.4. The normalized spacial score (nSPS) is 20.7. The van der Waals surface area contributed by atoms with Crippen LogP contribution in [0.15, 0.2) is 24.3 Å². The van der Waals surface area contributed by atoms with Crippen LogP contribution in [0.25, 0.3) is 0 Å². The number of carbonyl (C=O) groups is 1. The molecule has 1 aromatic carbocycles. The second-order valence-electron chi connectivity index (χ2n) is 6.70. The fourth-order valence-electron chi connectivity index (χ4n) is 3.33. The molecule has 0 aliphatic heterocycles. The van der Waals surface area contributed by atoms with E-state index in [2.05, 4.69) is 12.1 Å². The third-order valence-electron chi connectivity index (χ3n) is 4.14. The molecule has 0 unspecified atom stereocenters. The van der Waals surface area contributed by atoms with E-state index in [1.54, 1.807) is 16.7 Å². The van der Waals surface area contributed by atoms with Crippen molar-refractivity contribution in [3.63, 3.8) is 0 Å². The predicted octanol–water partition coefficient (Wildman–Crippen LogP) is 3.20. The number of thioether (sulfide) groups is 1. The molecule has 122 valence electrons. The Kier molecular flexibility index (Phi) is 5.40. The number of aliphatic hydroxyl groups is 1. The van der Waals surface area contributed by atoms with Crippen molar-refractivity contribution in [3.05, 3.63) is 35.4 Å². The number of aliphatic hydroxyl groups excluding tert-OH is 1. The lowest BCUT2D eigenvalue weighted by atomic mass is 9.95. The lowest BCUT2D eigenvalue weighted by molar-refractivity contribution is 0.0667. The first kappa shape index (κ1) is 17.2. The van der Waals surface area contributed by atoms with Gasteiger partial charge in [-0.15, -0.1) is 0 Å². The minimum absolute atomic E-state index is 0.0407. The molecule has 0 aromatic heterocycles. The lowest BCUT2D eigenvalue weighted by Crippen LogP contribution is -2.53. The number of amides is 1. The summed E-state index contributed by atoms with van der Waals surface area (Å²) in [5, 5.41) is 18.7. The number of nitrogens with zero attached hydrogens (tertiary/aromatic N) is 1. The summed E-state index contributed by atoms with van der Waals surface area (Å²) in [6.45, 7) is 6.00. The molecule has 4 nitrogen and oxygen atoms in total.